The molecule has 0 aliphatic carbocycles. The van der Waals surface area contributed by atoms with Crippen LogP contribution in [0, 0.1) is 0 Å². The second-order valence-electron chi connectivity index (χ2n) is 5.89. The van der Waals surface area contributed by atoms with Crippen LogP contribution in [-0.2, 0) is 11.2 Å². The minimum absolute atomic E-state index is 0.0572. The molecule has 0 aromatic heterocycles. The number of anilines is 1. The summed E-state index contributed by atoms with van der Waals surface area (Å²) in [4.78, 5) is 24.2. The van der Waals surface area contributed by atoms with Crippen LogP contribution in [0.5, 0.6) is 5.75 Å². The van der Waals surface area contributed by atoms with Gasteiger partial charge in [-0.05, 0) is 49.6 Å². The van der Waals surface area contributed by atoms with Crippen molar-refractivity contribution >= 4 is 17.5 Å². The normalized spacial score (nSPS) is 10.2. The monoisotopic (exact) mass is 354 g/mol. The van der Waals surface area contributed by atoms with Crippen molar-refractivity contribution in [3.05, 3.63) is 59.7 Å². The third kappa shape index (κ3) is 5.92. The average molecular weight is 354 g/mol. The summed E-state index contributed by atoms with van der Waals surface area (Å²) < 4.78 is 5.46. The largest absolute Gasteiger partial charge is 0.493 e. The lowest BCUT2D eigenvalue weighted by Crippen LogP contribution is -2.26. The van der Waals surface area contributed by atoms with Gasteiger partial charge >= 0.3 is 0 Å². The standard InChI is InChI=1S/C21H26N2O3/c1-3-16-11-13-17(14-12-16)23-20(24)10-7-15-22-21(25)18-8-5-6-9-19(18)26-4-2/h5-6,8-9,11-14H,3-4,7,10,15H2,1-2H3,(H,22,25)(H,23,24). The third-order valence-corrected chi connectivity index (χ3v) is 3.94. The van der Waals surface area contributed by atoms with Crippen molar-refractivity contribution in [3.63, 3.8) is 0 Å². The molecule has 2 rings (SSSR count). The van der Waals surface area contributed by atoms with Crippen LogP contribution in [0.4, 0.5) is 5.69 Å². The van der Waals surface area contributed by atoms with Gasteiger partial charge in [0.2, 0.25) is 5.91 Å². The van der Waals surface area contributed by atoms with Crippen molar-refractivity contribution in [2.45, 2.75) is 33.1 Å². The molecule has 2 aromatic carbocycles. The summed E-state index contributed by atoms with van der Waals surface area (Å²) in [5.41, 5.74) is 2.54. The number of benzene rings is 2. The van der Waals surface area contributed by atoms with E-state index in [0.29, 0.717) is 37.3 Å². The molecule has 26 heavy (non-hydrogen) atoms. The second-order valence-corrected chi connectivity index (χ2v) is 5.89. The van der Waals surface area contributed by atoms with E-state index in [1.807, 2.05) is 37.3 Å². The number of hydrogen-bond donors (Lipinski definition) is 2. The molecule has 2 N–H and O–H groups in total. The van der Waals surface area contributed by atoms with Gasteiger partial charge in [-0.3, -0.25) is 9.59 Å². The first kappa shape index (κ1) is 19.5. The number of nitrogens with one attached hydrogen (secondary N) is 2. The zero-order valence-electron chi connectivity index (χ0n) is 15.4. The number of rotatable bonds is 9. The van der Waals surface area contributed by atoms with Gasteiger partial charge in [-0.25, -0.2) is 0 Å². The van der Waals surface area contributed by atoms with Gasteiger partial charge in [0, 0.05) is 18.7 Å². The van der Waals surface area contributed by atoms with Crippen LogP contribution in [0.15, 0.2) is 48.5 Å². The van der Waals surface area contributed by atoms with E-state index in [-0.39, 0.29) is 11.8 Å². The molecule has 0 bridgehead atoms. The van der Waals surface area contributed by atoms with Crippen LogP contribution in [0.25, 0.3) is 0 Å². The van der Waals surface area contributed by atoms with Crippen molar-refractivity contribution in [3.8, 4) is 5.75 Å². The molecule has 5 heteroatoms. The van der Waals surface area contributed by atoms with Gasteiger partial charge in [0.25, 0.3) is 5.91 Å². The summed E-state index contributed by atoms with van der Waals surface area (Å²) in [6, 6.07) is 15.0. The van der Waals surface area contributed by atoms with Gasteiger partial charge in [0.05, 0.1) is 12.2 Å². The summed E-state index contributed by atoms with van der Waals surface area (Å²) in [6.07, 6.45) is 1.89. The maximum absolute atomic E-state index is 12.2. The smallest absolute Gasteiger partial charge is 0.255 e. The van der Waals surface area contributed by atoms with Crippen LogP contribution < -0.4 is 15.4 Å². The zero-order valence-corrected chi connectivity index (χ0v) is 15.4. The fraction of sp³-hybridized carbons (Fsp3) is 0.333. The van der Waals surface area contributed by atoms with Gasteiger partial charge in [0.1, 0.15) is 5.75 Å². The van der Waals surface area contributed by atoms with Crippen LogP contribution in [-0.4, -0.2) is 25.0 Å². The van der Waals surface area contributed by atoms with Crippen LogP contribution in [0.2, 0.25) is 0 Å². The Labute approximate surface area is 154 Å². The van der Waals surface area contributed by atoms with E-state index in [1.54, 1.807) is 18.2 Å². The average Bonchev–Trinajstić information content (AvgIpc) is 2.66. The summed E-state index contributed by atoms with van der Waals surface area (Å²) in [5, 5.41) is 5.70. The van der Waals surface area contributed by atoms with E-state index in [2.05, 4.69) is 17.6 Å². The molecule has 2 aromatic rings. The lowest BCUT2D eigenvalue weighted by atomic mass is 10.1. The summed E-state index contributed by atoms with van der Waals surface area (Å²) in [5.74, 6) is 0.323. The van der Waals surface area contributed by atoms with Gasteiger partial charge in [0.15, 0.2) is 0 Å². The maximum atomic E-state index is 12.2. The Morgan fingerprint density at radius 3 is 2.42 bits per heavy atom. The fourth-order valence-electron chi connectivity index (χ4n) is 2.53. The van der Waals surface area contributed by atoms with Crippen molar-refractivity contribution in [2.75, 3.05) is 18.5 Å². The molecule has 0 spiro atoms. The van der Waals surface area contributed by atoms with Crippen LogP contribution in [0.3, 0.4) is 0 Å². The minimum atomic E-state index is -0.190. The topological polar surface area (TPSA) is 67.4 Å². The Morgan fingerprint density at radius 1 is 1.00 bits per heavy atom. The second kappa shape index (κ2) is 10.2. The third-order valence-electron chi connectivity index (χ3n) is 3.94. The number of carbonyl (C=O) groups is 2. The molecular formula is C21H26N2O3. The van der Waals surface area contributed by atoms with E-state index in [0.717, 1.165) is 12.1 Å². The maximum Gasteiger partial charge on any atom is 0.255 e. The highest BCUT2D eigenvalue weighted by molar-refractivity contribution is 5.97. The number of ether oxygens (including phenoxy) is 1. The Morgan fingerprint density at radius 2 is 1.73 bits per heavy atom. The van der Waals surface area contributed by atoms with E-state index in [9.17, 15) is 9.59 Å². The zero-order chi connectivity index (χ0) is 18.8. The molecule has 2 amide bonds. The first-order valence-electron chi connectivity index (χ1n) is 9.02. The number of amides is 2. The van der Waals surface area contributed by atoms with E-state index in [1.165, 1.54) is 5.56 Å². The van der Waals surface area contributed by atoms with Gasteiger partial charge in [-0.2, -0.15) is 0 Å². The predicted octanol–water partition coefficient (Wildman–Crippen LogP) is 3.80. The predicted molar refractivity (Wildman–Crippen MR) is 104 cm³/mol. The van der Waals surface area contributed by atoms with Crippen molar-refractivity contribution < 1.29 is 14.3 Å². The summed E-state index contributed by atoms with van der Waals surface area (Å²) >= 11 is 0. The SMILES string of the molecule is CCOc1ccccc1C(=O)NCCCC(=O)Nc1ccc(CC)cc1. The lowest BCUT2D eigenvalue weighted by molar-refractivity contribution is -0.116. The van der Waals surface area contributed by atoms with Crippen molar-refractivity contribution in [1.82, 2.24) is 5.32 Å². The van der Waals surface area contributed by atoms with E-state index >= 15 is 0 Å². The minimum Gasteiger partial charge on any atom is -0.493 e. The summed E-state index contributed by atoms with van der Waals surface area (Å²) in [7, 11) is 0. The van der Waals surface area contributed by atoms with Gasteiger partial charge in [-0.15, -0.1) is 0 Å². The molecule has 0 radical (unpaired) electrons. The number of aryl methyl sites for hydroxylation is 1. The van der Waals surface area contributed by atoms with Gasteiger partial charge in [-0.1, -0.05) is 31.2 Å². The molecule has 0 saturated carbocycles. The van der Waals surface area contributed by atoms with Gasteiger partial charge < -0.3 is 15.4 Å². The Hall–Kier alpha value is -2.82. The molecule has 5 nitrogen and oxygen atoms in total. The Bertz CT molecular complexity index is 726. The van der Waals surface area contributed by atoms with Crippen molar-refractivity contribution in [2.24, 2.45) is 0 Å². The van der Waals surface area contributed by atoms with Crippen LogP contribution in [0.1, 0.15) is 42.6 Å². The Kier molecular flexibility index (Phi) is 7.68. The molecule has 0 fully saturated rings. The molecule has 0 atom stereocenters. The highest BCUT2D eigenvalue weighted by atomic mass is 16.5. The Balaban J connectivity index is 1.74. The number of hydrogen-bond acceptors (Lipinski definition) is 3. The summed E-state index contributed by atoms with van der Waals surface area (Å²) in [6.45, 7) is 4.91. The number of para-hydroxylation sites is 1. The lowest BCUT2D eigenvalue weighted by Gasteiger charge is -2.10. The molecule has 0 saturated heterocycles. The van der Waals surface area contributed by atoms with Crippen LogP contribution >= 0.6 is 0 Å². The van der Waals surface area contributed by atoms with E-state index < -0.39 is 0 Å². The number of carbonyl (C=O) groups excluding carboxylic acids is 2. The first-order chi connectivity index (χ1) is 12.6. The van der Waals surface area contributed by atoms with Crippen molar-refractivity contribution in [1.29, 1.82) is 0 Å². The highest BCUT2D eigenvalue weighted by Gasteiger charge is 2.11. The first-order valence-corrected chi connectivity index (χ1v) is 9.02. The van der Waals surface area contributed by atoms with E-state index in [4.69, 9.17) is 4.74 Å². The molecule has 0 heterocycles. The molecule has 0 unspecified atom stereocenters. The molecule has 0 aliphatic rings. The molecular weight excluding hydrogens is 328 g/mol. The highest BCUT2D eigenvalue weighted by Crippen LogP contribution is 2.17. The fourth-order valence-corrected chi connectivity index (χ4v) is 2.53. The molecule has 138 valence electrons. The quantitative estimate of drug-likeness (QED) is 0.673. The molecule has 0 aliphatic heterocycles.